The highest BCUT2D eigenvalue weighted by Gasteiger charge is 2.26. The van der Waals surface area contributed by atoms with E-state index in [1.54, 1.807) is 24.3 Å². The quantitative estimate of drug-likeness (QED) is 0.556. The van der Waals surface area contributed by atoms with E-state index < -0.39 is 0 Å². The molecule has 2 aromatic carbocycles. The summed E-state index contributed by atoms with van der Waals surface area (Å²) in [6, 6.07) is 20.0. The molecule has 3 amide bonds. The number of benzene rings is 2. The normalized spacial score (nSPS) is 13.1. The topological polar surface area (TPSA) is 90.9 Å². The number of rotatable bonds is 6. The number of nitrogens with one attached hydrogen (secondary N) is 2. The first-order valence-electron chi connectivity index (χ1n) is 9.41. The van der Waals surface area contributed by atoms with E-state index >= 15 is 0 Å². The number of hydrazone groups is 1. The van der Waals surface area contributed by atoms with Crippen LogP contribution in [0.3, 0.4) is 0 Å². The Bertz CT molecular complexity index is 1130. The van der Waals surface area contributed by atoms with Crippen molar-refractivity contribution in [2.24, 2.45) is 5.10 Å². The lowest BCUT2D eigenvalue weighted by Gasteiger charge is -2.10. The highest BCUT2D eigenvalue weighted by Crippen LogP contribution is 2.23. The first-order chi connectivity index (χ1) is 15.1. The number of nitrogens with zero attached hydrogens (tertiary/aromatic N) is 2. The average Bonchev–Trinajstić information content (AvgIpc) is 3.43. The second kappa shape index (κ2) is 9.59. The number of carbonyl (C=O) groups excluding carboxylic acids is 3. The lowest BCUT2D eigenvalue weighted by molar-refractivity contribution is -0.117. The third-order valence-corrected chi connectivity index (χ3v) is 6.13. The maximum absolute atomic E-state index is 12.3. The summed E-state index contributed by atoms with van der Waals surface area (Å²) >= 11 is 2.71. The summed E-state index contributed by atoms with van der Waals surface area (Å²) in [5, 5.41) is 12.9. The molecule has 7 nitrogen and oxygen atoms in total. The van der Waals surface area contributed by atoms with Gasteiger partial charge in [-0.2, -0.15) is 10.1 Å². The van der Waals surface area contributed by atoms with E-state index in [1.807, 2.05) is 47.8 Å². The molecule has 2 heterocycles. The van der Waals surface area contributed by atoms with E-state index in [9.17, 15) is 14.4 Å². The molecule has 1 aliphatic heterocycles. The Kier molecular flexibility index (Phi) is 6.44. The van der Waals surface area contributed by atoms with Crippen molar-refractivity contribution in [2.45, 2.75) is 11.3 Å². The van der Waals surface area contributed by atoms with Gasteiger partial charge in [0.25, 0.3) is 11.8 Å². The summed E-state index contributed by atoms with van der Waals surface area (Å²) < 4.78 is 0. The highest BCUT2D eigenvalue weighted by atomic mass is 32.2. The Balaban J connectivity index is 1.31. The van der Waals surface area contributed by atoms with Gasteiger partial charge in [-0.15, -0.1) is 23.1 Å². The second-order valence-corrected chi connectivity index (χ2v) is 8.56. The molecule has 1 aliphatic rings. The number of carbonyl (C=O) groups is 3. The molecule has 156 valence electrons. The van der Waals surface area contributed by atoms with E-state index in [0.29, 0.717) is 22.1 Å². The Hall–Kier alpha value is -3.43. The van der Waals surface area contributed by atoms with Gasteiger partial charge in [0.15, 0.2) is 0 Å². The van der Waals surface area contributed by atoms with Crippen molar-refractivity contribution in [1.82, 2.24) is 5.32 Å². The van der Waals surface area contributed by atoms with Crippen molar-refractivity contribution >= 4 is 58.0 Å². The third kappa shape index (κ3) is 5.39. The molecule has 3 aromatic rings. The molecule has 0 bridgehead atoms. The second-order valence-electron chi connectivity index (χ2n) is 6.56. The van der Waals surface area contributed by atoms with Crippen molar-refractivity contribution < 1.29 is 14.4 Å². The molecule has 0 atom stereocenters. The molecule has 1 aromatic heterocycles. The van der Waals surface area contributed by atoms with E-state index in [2.05, 4.69) is 15.7 Å². The van der Waals surface area contributed by atoms with Crippen molar-refractivity contribution in [3.05, 3.63) is 77.0 Å². The van der Waals surface area contributed by atoms with Gasteiger partial charge in [-0.25, -0.2) is 0 Å². The summed E-state index contributed by atoms with van der Waals surface area (Å²) in [4.78, 5) is 38.2. The summed E-state index contributed by atoms with van der Waals surface area (Å²) in [6.07, 6.45) is 0.0511. The molecule has 9 heteroatoms. The lowest BCUT2D eigenvalue weighted by atomic mass is 10.3. The van der Waals surface area contributed by atoms with E-state index in [-0.39, 0.29) is 29.9 Å². The van der Waals surface area contributed by atoms with E-state index in [4.69, 9.17) is 0 Å². The van der Waals surface area contributed by atoms with Gasteiger partial charge in [0.1, 0.15) is 5.84 Å². The molecule has 0 saturated heterocycles. The van der Waals surface area contributed by atoms with Crippen LogP contribution in [0.4, 0.5) is 11.4 Å². The van der Waals surface area contributed by atoms with Gasteiger partial charge in [0, 0.05) is 10.6 Å². The van der Waals surface area contributed by atoms with Crippen LogP contribution < -0.4 is 15.6 Å². The molecule has 31 heavy (non-hydrogen) atoms. The minimum atomic E-state index is -0.250. The molecule has 0 saturated carbocycles. The molecule has 0 spiro atoms. The van der Waals surface area contributed by atoms with Crippen LogP contribution >= 0.6 is 23.1 Å². The standard InChI is InChI=1S/C22H18N4O3S2/c27-20(24-19-13-21(28)26(25-19)16-7-2-1-3-8-16)14-31-17-9-4-6-15(12-17)23-22(29)18-10-5-11-30-18/h1-12H,13-14H2,(H,23,29)(H,24,25,27). The van der Waals surface area contributed by atoms with Crippen LogP contribution in [0.2, 0.25) is 0 Å². The number of anilines is 2. The van der Waals surface area contributed by atoms with Gasteiger partial charge in [-0.05, 0) is 41.8 Å². The van der Waals surface area contributed by atoms with E-state index in [0.717, 1.165) is 4.90 Å². The first-order valence-corrected chi connectivity index (χ1v) is 11.3. The Morgan fingerprint density at radius 1 is 1.03 bits per heavy atom. The van der Waals surface area contributed by atoms with Crippen LogP contribution in [0.25, 0.3) is 0 Å². The average molecular weight is 451 g/mol. The molecule has 2 N–H and O–H groups in total. The van der Waals surface area contributed by atoms with Crippen molar-refractivity contribution in [1.29, 1.82) is 0 Å². The molecule has 0 fully saturated rings. The van der Waals surface area contributed by atoms with Crippen molar-refractivity contribution in [3.8, 4) is 0 Å². The number of thioether (sulfide) groups is 1. The minimum Gasteiger partial charge on any atom is -0.321 e. The Morgan fingerprint density at radius 2 is 1.87 bits per heavy atom. The summed E-state index contributed by atoms with van der Waals surface area (Å²) in [5.74, 6) is -0.123. The van der Waals surface area contributed by atoms with Gasteiger partial charge < -0.3 is 10.6 Å². The fraction of sp³-hybridized carbons (Fsp3) is 0.0909. The maximum Gasteiger partial charge on any atom is 0.265 e. The zero-order chi connectivity index (χ0) is 21.6. The number of thiophene rings is 1. The number of amidine groups is 1. The molecule has 0 radical (unpaired) electrons. The maximum atomic E-state index is 12.3. The summed E-state index contributed by atoms with van der Waals surface area (Å²) in [5.41, 5.74) is 1.32. The van der Waals surface area contributed by atoms with Crippen LogP contribution in [-0.2, 0) is 9.59 Å². The lowest BCUT2D eigenvalue weighted by Crippen LogP contribution is -2.31. The van der Waals surface area contributed by atoms with E-state index in [1.165, 1.54) is 28.1 Å². The fourth-order valence-electron chi connectivity index (χ4n) is 2.88. The van der Waals surface area contributed by atoms with Crippen molar-refractivity contribution in [3.63, 3.8) is 0 Å². The number of hydrogen-bond donors (Lipinski definition) is 2. The predicted molar refractivity (Wildman–Crippen MR) is 124 cm³/mol. The molecular formula is C22H18N4O3S2. The summed E-state index contributed by atoms with van der Waals surface area (Å²) in [7, 11) is 0. The van der Waals surface area contributed by atoms with Gasteiger partial charge >= 0.3 is 0 Å². The predicted octanol–water partition coefficient (Wildman–Crippen LogP) is 3.96. The van der Waals surface area contributed by atoms with Crippen LogP contribution in [0.1, 0.15) is 16.1 Å². The molecule has 0 aliphatic carbocycles. The van der Waals surface area contributed by atoms with Crippen LogP contribution in [0, 0.1) is 0 Å². The molecule has 0 unspecified atom stereocenters. The highest BCUT2D eigenvalue weighted by molar-refractivity contribution is 8.00. The zero-order valence-corrected chi connectivity index (χ0v) is 17.9. The fourth-order valence-corrected chi connectivity index (χ4v) is 4.25. The summed E-state index contributed by atoms with van der Waals surface area (Å²) in [6.45, 7) is 0. The van der Waals surface area contributed by atoms with Gasteiger partial charge in [0.2, 0.25) is 5.91 Å². The monoisotopic (exact) mass is 450 g/mol. The van der Waals surface area contributed by atoms with Crippen molar-refractivity contribution in [2.75, 3.05) is 16.1 Å². The smallest absolute Gasteiger partial charge is 0.265 e. The number of amides is 3. The van der Waals surface area contributed by atoms with Crippen LogP contribution in [0.15, 0.2) is 82.1 Å². The van der Waals surface area contributed by atoms with Gasteiger partial charge in [-0.3, -0.25) is 14.4 Å². The Labute approximate surface area is 187 Å². The van der Waals surface area contributed by atoms with Gasteiger partial charge in [-0.1, -0.05) is 30.3 Å². The largest absolute Gasteiger partial charge is 0.321 e. The van der Waals surface area contributed by atoms with Gasteiger partial charge in [0.05, 0.1) is 22.7 Å². The molecular weight excluding hydrogens is 432 g/mol. The number of hydrogen-bond acceptors (Lipinski definition) is 6. The SMILES string of the molecule is O=C(CSc1cccc(NC(=O)c2cccs2)c1)NC1=NN(c2ccccc2)C(=O)C1. The van der Waals surface area contributed by atoms with Crippen LogP contribution in [-0.4, -0.2) is 29.3 Å². The Morgan fingerprint density at radius 3 is 2.65 bits per heavy atom. The first kappa shape index (κ1) is 20.8. The third-order valence-electron chi connectivity index (χ3n) is 4.27. The minimum absolute atomic E-state index is 0.0511. The van der Waals surface area contributed by atoms with Crippen LogP contribution in [0.5, 0.6) is 0 Å². The zero-order valence-electron chi connectivity index (χ0n) is 16.3. The molecule has 4 rings (SSSR count). The number of para-hydroxylation sites is 1.